The van der Waals surface area contributed by atoms with Gasteiger partial charge in [0.25, 0.3) is 0 Å². The summed E-state index contributed by atoms with van der Waals surface area (Å²) in [6.07, 6.45) is 6.13. The maximum atomic E-state index is 11.9. The molecule has 0 saturated heterocycles. The predicted molar refractivity (Wildman–Crippen MR) is 80.0 cm³/mol. The third-order valence-corrected chi connectivity index (χ3v) is 3.71. The van der Waals surface area contributed by atoms with Crippen molar-refractivity contribution in [2.45, 2.75) is 45.1 Å². The van der Waals surface area contributed by atoms with Gasteiger partial charge in [-0.05, 0) is 31.9 Å². The molecular formula is C16H22N2O2. The second-order valence-electron chi connectivity index (χ2n) is 5.40. The predicted octanol–water partition coefficient (Wildman–Crippen LogP) is 2.75. The Balaban J connectivity index is 1.81. The van der Waals surface area contributed by atoms with Crippen LogP contribution in [-0.4, -0.2) is 24.3 Å². The second-order valence-corrected chi connectivity index (χ2v) is 5.40. The molecular weight excluding hydrogens is 252 g/mol. The highest BCUT2D eigenvalue weighted by Gasteiger charge is 2.14. The van der Waals surface area contributed by atoms with Crippen LogP contribution in [0.1, 0.15) is 49.4 Å². The smallest absolute Gasteiger partial charge is 0.238 e. The monoisotopic (exact) mass is 274 g/mol. The van der Waals surface area contributed by atoms with Crippen molar-refractivity contribution in [1.29, 1.82) is 0 Å². The minimum atomic E-state index is -0.0590. The molecule has 2 N–H and O–H groups in total. The highest BCUT2D eigenvalue weighted by atomic mass is 16.2. The first kappa shape index (κ1) is 14.7. The lowest BCUT2D eigenvalue weighted by Gasteiger charge is -2.22. The lowest BCUT2D eigenvalue weighted by molar-refractivity contribution is -0.115. The Hall–Kier alpha value is -1.68. The van der Waals surface area contributed by atoms with Gasteiger partial charge in [0.1, 0.15) is 0 Å². The Morgan fingerprint density at radius 3 is 2.65 bits per heavy atom. The van der Waals surface area contributed by atoms with Crippen LogP contribution < -0.4 is 10.6 Å². The number of hydrogen-bond acceptors (Lipinski definition) is 3. The molecule has 0 aliphatic heterocycles. The van der Waals surface area contributed by atoms with Gasteiger partial charge in [0.15, 0.2) is 5.78 Å². The summed E-state index contributed by atoms with van der Waals surface area (Å²) in [5.41, 5.74) is 1.29. The molecule has 1 fully saturated rings. The van der Waals surface area contributed by atoms with Crippen molar-refractivity contribution in [3.05, 3.63) is 29.8 Å². The first-order chi connectivity index (χ1) is 9.65. The largest absolute Gasteiger partial charge is 0.325 e. The zero-order valence-electron chi connectivity index (χ0n) is 11.9. The molecule has 20 heavy (non-hydrogen) atoms. The molecule has 0 bridgehead atoms. The van der Waals surface area contributed by atoms with Gasteiger partial charge in [-0.3, -0.25) is 9.59 Å². The highest BCUT2D eigenvalue weighted by Crippen LogP contribution is 2.17. The third kappa shape index (κ3) is 4.46. The molecule has 1 aliphatic carbocycles. The van der Waals surface area contributed by atoms with Crippen LogP contribution in [0.3, 0.4) is 0 Å². The molecule has 0 heterocycles. The van der Waals surface area contributed by atoms with E-state index in [0.29, 0.717) is 23.8 Å². The van der Waals surface area contributed by atoms with Crippen molar-refractivity contribution >= 4 is 17.4 Å². The van der Waals surface area contributed by atoms with Gasteiger partial charge >= 0.3 is 0 Å². The van der Waals surface area contributed by atoms with Crippen LogP contribution in [-0.2, 0) is 4.79 Å². The maximum absolute atomic E-state index is 11.9. The molecule has 0 aromatic heterocycles. The minimum Gasteiger partial charge on any atom is -0.325 e. The van der Waals surface area contributed by atoms with Crippen LogP contribution in [0.25, 0.3) is 0 Å². The van der Waals surface area contributed by atoms with Crippen molar-refractivity contribution in [2.75, 3.05) is 11.9 Å². The fraction of sp³-hybridized carbons (Fsp3) is 0.500. The zero-order chi connectivity index (χ0) is 14.4. The van der Waals surface area contributed by atoms with Crippen molar-refractivity contribution in [3.8, 4) is 0 Å². The number of carbonyl (C=O) groups excluding carboxylic acids is 2. The van der Waals surface area contributed by atoms with Crippen molar-refractivity contribution in [3.63, 3.8) is 0 Å². The molecule has 0 radical (unpaired) electrons. The molecule has 0 atom stereocenters. The average molecular weight is 274 g/mol. The normalized spacial score (nSPS) is 15.8. The Kier molecular flexibility index (Phi) is 5.30. The van der Waals surface area contributed by atoms with Gasteiger partial charge in [-0.25, -0.2) is 0 Å². The molecule has 1 aliphatic rings. The van der Waals surface area contributed by atoms with Crippen molar-refractivity contribution in [2.24, 2.45) is 0 Å². The van der Waals surface area contributed by atoms with Gasteiger partial charge in [0, 0.05) is 17.3 Å². The van der Waals surface area contributed by atoms with E-state index in [1.54, 1.807) is 24.3 Å². The lowest BCUT2D eigenvalue weighted by Crippen LogP contribution is -2.37. The first-order valence-corrected chi connectivity index (χ1v) is 7.29. The number of amides is 1. The molecule has 4 nitrogen and oxygen atoms in total. The van der Waals surface area contributed by atoms with Crippen LogP contribution in [0.15, 0.2) is 24.3 Å². The SMILES string of the molecule is CC(=O)c1cccc(NC(=O)CNC2CCCCC2)c1. The molecule has 1 amide bonds. The number of hydrogen-bond donors (Lipinski definition) is 2. The summed E-state index contributed by atoms with van der Waals surface area (Å²) in [6, 6.07) is 7.50. The average Bonchev–Trinajstić information content (AvgIpc) is 2.46. The van der Waals surface area contributed by atoms with Crippen LogP contribution in [0.2, 0.25) is 0 Å². The standard InChI is InChI=1S/C16H22N2O2/c1-12(19)13-6-5-9-15(10-13)18-16(20)11-17-14-7-3-2-4-8-14/h5-6,9-10,14,17H,2-4,7-8,11H2,1H3,(H,18,20). The maximum Gasteiger partial charge on any atom is 0.238 e. The van der Waals surface area contributed by atoms with Gasteiger partial charge in [0.05, 0.1) is 6.54 Å². The van der Waals surface area contributed by atoms with Gasteiger partial charge < -0.3 is 10.6 Å². The van der Waals surface area contributed by atoms with Gasteiger partial charge in [-0.1, -0.05) is 31.4 Å². The van der Waals surface area contributed by atoms with E-state index in [-0.39, 0.29) is 11.7 Å². The molecule has 0 spiro atoms. The molecule has 4 heteroatoms. The molecule has 0 unspecified atom stereocenters. The summed E-state index contributed by atoms with van der Waals surface area (Å²) in [5, 5.41) is 6.12. The van der Waals surface area contributed by atoms with E-state index >= 15 is 0 Å². The summed E-state index contributed by atoms with van der Waals surface area (Å²) in [7, 11) is 0. The van der Waals surface area contributed by atoms with E-state index in [2.05, 4.69) is 10.6 Å². The number of ketones is 1. The van der Waals surface area contributed by atoms with Crippen LogP contribution in [0, 0.1) is 0 Å². The van der Waals surface area contributed by atoms with E-state index in [0.717, 1.165) is 12.8 Å². The minimum absolute atomic E-state index is 0.00132. The van der Waals surface area contributed by atoms with Gasteiger partial charge in [-0.2, -0.15) is 0 Å². The zero-order valence-corrected chi connectivity index (χ0v) is 11.9. The number of anilines is 1. The van der Waals surface area contributed by atoms with Crippen LogP contribution in [0.5, 0.6) is 0 Å². The quantitative estimate of drug-likeness (QED) is 0.812. The topological polar surface area (TPSA) is 58.2 Å². The van der Waals surface area contributed by atoms with Crippen LogP contribution >= 0.6 is 0 Å². The lowest BCUT2D eigenvalue weighted by atomic mass is 9.95. The summed E-state index contributed by atoms with van der Waals surface area (Å²) >= 11 is 0. The van der Waals surface area contributed by atoms with Crippen molar-refractivity contribution in [1.82, 2.24) is 5.32 Å². The molecule has 108 valence electrons. The third-order valence-electron chi connectivity index (χ3n) is 3.71. The fourth-order valence-electron chi connectivity index (χ4n) is 2.56. The number of benzene rings is 1. The Morgan fingerprint density at radius 1 is 1.20 bits per heavy atom. The first-order valence-electron chi connectivity index (χ1n) is 7.29. The van der Waals surface area contributed by atoms with E-state index < -0.39 is 0 Å². The van der Waals surface area contributed by atoms with E-state index in [1.165, 1.54) is 26.2 Å². The number of rotatable bonds is 5. The Morgan fingerprint density at radius 2 is 1.95 bits per heavy atom. The summed E-state index contributed by atoms with van der Waals surface area (Å²) in [6.45, 7) is 1.85. The molecule has 1 saturated carbocycles. The number of nitrogens with one attached hydrogen (secondary N) is 2. The Bertz CT molecular complexity index is 479. The van der Waals surface area contributed by atoms with Crippen LogP contribution in [0.4, 0.5) is 5.69 Å². The number of Topliss-reactive ketones (excluding diaryl/α,β-unsaturated/α-hetero) is 1. The second kappa shape index (κ2) is 7.20. The summed E-state index contributed by atoms with van der Waals surface area (Å²) in [4.78, 5) is 23.2. The van der Waals surface area contributed by atoms with E-state index in [4.69, 9.17) is 0 Å². The summed E-state index contributed by atoms with van der Waals surface area (Å²) < 4.78 is 0. The highest BCUT2D eigenvalue weighted by molar-refractivity contribution is 5.97. The Labute approximate surface area is 119 Å². The van der Waals surface area contributed by atoms with Gasteiger partial charge in [0.2, 0.25) is 5.91 Å². The fourth-order valence-corrected chi connectivity index (χ4v) is 2.56. The molecule has 1 aromatic carbocycles. The van der Waals surface area contributed by atoms with E-state index in [1.807, 2.05) is 0 Å². The van der Waals surface area contributed by atoms with Gasteiger partial charge in [-0.15, -0.1) is 0 Å². The summed E-state index contributed by atoms with van der Waals surface area (Å²) in [5.74, 6) is -0.0577. The van der Waals surface area contributed by atoms with E-state index in [9.17, 15) is 9.59 Å². The molecule has 2 rings (SSSR count). The molecule has 1 aromatic rings. The number of carbonyl (C=O) groups is 2. The van der Waals surface area contributed by atoms with Crippen molar-refractivity contribution < 1.29 is 9.59 Å².